The number of nitrogens with zero attached hydrogens (tertiary/aromatic N) is 1. The van der Waals surface area contributed by atoms with E-state index < -0.39 is 11.4 Å². The number of benzene rings is 1. The topological polar surface area (TPSA) is 76.1 Å². The van der Waals surface area contributed by atoms with Crippen molar-refractivity contribution in [2.75, 3.05) is 39.5 Å². The molecule has 6 nitrogen and oxygen atoms in total. The van der Waals surface area contributed by atoms with Gasteiger partial charge in [0.25, 0.3) is 5.91 Å². The fourth-order valence-electron chi connectivity index (χ4n) is 4.36. The molecule has 1 aromatic carbocycles. The Bertz CT molecular complexity index is 684. The van der Waals surface area contributed by atoms with Crippen molar-refractivity contribution in [3.05, 3.63) is 35.4 Å². The maximum Gasteiger partial charge on any atom is 0.311 e. The van der Waals surface area contributed by atoms with Gasteiger partial charge in [-0.15, -0.1) is 0 Å². The Balaban J connectivity index is 1.55. The summed E-state index contributed by atoms with van der Waals surface area (Å²) in [7, 11) is 0. The molecule has 1 aromatic rings. The minimum absolute atomic E-state index is 0.0872. The van der Waals surface area contributed by atoms with E-state index in [1.54, 1.807) is 4.90 Å². The largest absolute Gasteiger partial charge is 0.481 e. The van der Waals surface area contributed by atoms with Gasteiger partial charge in [-0.05, 0) is 30.5 Å². The molecule has 134 valence electrons. The quantitative estimate of drug-likeness (QED) is 0.903. The fraction of sp³-hybridized carbons (Fsp3) is 0.579. The zero-order valence-corrected chi connectivity index (χ0v) is 14.1. The summed E-state index contributed by atoms with van der Waals surface area (Å²) in [4.78, 5) is 26.6. The van der Waals surface area contributed by atoms with Crippen molar-refractivity contribution >= 4 is 11.9 Å². The summed E-state index contributed by atoms with van der Waals surface area (Å²) in [6.45, 7) is 3.03. The van der Waals surface area contributed by atoms with Crippen molar-refractivity contribution in [3.63, 3.8) is 0 Å². The smallest absolute Gasteiger partial charge is 0.311 e. The van der Waals surface area contributed by atoms with Crippen LogP contribution in [-0.2, 0) is 14.3 Å². The molecule has 1 unspecified atom stereocenters. The molecule has 3 heterocycles. The third kappa shape index (κ3) is 2.83. The van der Waals surface area contributed by atoms with E-state index in [-0.39, 0.29) is 18.4 Å². The van der Waals surface area contributed by atoms with Gasteiger partial charge in [-0.25, -0.2) is 0 Å². The highest BCUT2D eigenvalue weighted by molar-refractivity contribution is 5.95. The number of likely N-dealkylation sites (tertiary alicyclic amines) is 1. The first-order valence-corrected chi connectivity index (χ1v) is 8.88. The van der Waals surface area contributed by atoms with Crippen molar-refractivity contribution in [2.45, 2.75) is 18.8 Å². The molecule has 0 saturated carbocycles. The molecule has 0 aromatic heterocycles. The lowest BCUT2D eigenvalue weighted by molar-refractivity contribution is -0.157. The van der Waals surface area contributed by atoms with E-state index >= 15 is 0 Å². The second-order valence-corrected chi connectivity index (χ2v) is 7.35. The summed E-state index contributed by atoms with van der Waals surface area (Å²) in [5.41, 5.74) is 0.894. The number of hydrogen-bond donors (Lipinski definition) is 1. The zero-order valence-electron chi connectivity index (χ0n) is 14.1. The van der Waals surface area contributed by atoms with Crippen LogP contribution in [0, 0.1) is 11.3 Å². The van der Waals surface area contributed by atoms with E-state index in [0.717, 1.165) is 18.6 Å². The van der Waals surface area contributed by atoms with E-state index in [1.807, 2.05) is 24.3 Å². The summed E-state index contributed by atoms with van der Waals surface area (Å²) in [6, 6.07) is 7.69. The van der Waals surface area contributed by atoms with Crippen molar-refractivity contribution < 1.29 is 24.2 Å². The van der Waals surface area contributed by atoms with E-state index in [9.17, 15) is 14.7 Å². The number of carbonyl (C=O) groups excluding carboxylic acids is 1. The van der Waals surface area contributed by atoms with Crippen LogP contribution in [-0.4, -0.2) is 61.4 Å². The predicted molar refractivity (Wildman–Crippen MR) is 89.5 cm³/mol. The summed E-state index contributed by atoms with van der Waals surface area (Å²) < 4.78 is 10.9. The first-order chi connectivity index (χ1) is 12.1. The minimum Gasteiger partial charge on any atom is -0.481 e. The van der Waals surface area contributed by atoms with E-state index in [1.165, 1.54) is 0 Å². The number of carboxylic acids is 1. The molecule has 3 aliphatic heterocycles. The molecule has 4 rings (SSSR count). The van der Waals surface area contributed by atoms with Crippen molar-refractivity contribution in [3.8, 4) is 0 Å². The lowest BCUT2D eigenvalue weighted by atomic mass is 9.74. The molecule has 1 amide bonds. The average Bonchev–Trinajstić information content (AvgIpc) is 3.29. The van der Waals surface area contributed by atoms with Gasteiger partial charge in [0.1, 0.15) is 0 Å². The maximum atomic E-state index is 13.0. The van der Waals surface area contributed by atoms with Gasteiger partial charge in [0.2, 0.25) is 0 Å². The molecule has 3 fully saturated rings. The van der Waals surface area contributed by atoms with Gasteiger partial charge in [0.05, 0.1) is 18.6 Å². The number of amides is 1. The lowest BCUT2D eigenvalue weighted by Gasteiger charge is -2.33. The normalized spacial score (nSPS) is 31.8. The highest BCUT2D eigenvalue weighted by atomic mass is 16.5. The number of carbonyl (C=O) groups is 2. The summed E-state index contributed by atoms with van der Waals surface area (Å²) >= 11 is 0. The highest BCUT2D eigenvalue weighted by Gasteiger charge is 2.54. The van der Waals surface area contributed by atoms with Gasteiger partial charge >= 0.3 is 5.97 Å². The third-order valence-electron chi connectivity index (χ3n) is 5.95. The van der Waals surface area contributed by atoms with Crippen molar-refractivity contribution in [1.82, 2.24) is 4.90 Å². The molecule has 6 heteroatoms. The maximum absolute atomic E-state index is 13.0. The zero-order chi connectivity index (χ0) is 17.4. The van der Waals surface area contributed by atoms with Crippen LogP contribution in [0.4, 0.5) is 0 Å². The van der Waals surface area contributed by atoms with Crippen LogP contribution in [0.3, 0.4) is 0 Å². The number of hydrogen-bond acceptors (Lipinski definition) is 4. The van der Waals surface area contributed by atoms with Gasteiger partial charge in [-0.3, -0.25) is 9.59 Å². The Labute approximate surface area is 146 Å². The predicted octanol–water partition coefficient (Wildman–Crippen LogP) is 1.75. The minimum atomic E-state index is -0.856. The number of aliphatic carboxylic acids is 1. The summed E-state index contributed by atoms with van der Waals surface area (Å²) in [5.74, 6) is -0.689. The SMILES string of the molecule is O=C(c1cccc(C2CCOC2)c1)N1C[C@H]2COCC[C@@]2(C(=O)O)C1. The first kappa shape index (κ1) is 16.5. The molecular formula is C19H23NO5. The Morgan fingerprint density at radius 2 is 2.04 bits per heavy atom. The molecule has 3 atom stereocenters. The molecule has 0 spiro atoms. The molecule has 3 saturated heterocycles. The van der Waals surface area contributed by atoms with E-state index in [4.69, 9.17) is 9.47 Å². The van der Waals surface area contributed by atoms with E-state index in [2.05, 4.69) is 0 Å². The molecular weight excluding hydrogens is 322 g/mol. The number of carboxylic acid groups (broad SMARTS) is 1. The molecule has 1 N–H and O–H groups in total. The lowest BCUT2D eigenvalue weighted by Crippen LogP contribution is -2.45. The second kappa shape index (κ2) is 6.42. The molecule has 0 aliphatic carbocycles. The second-order valence-electron chi connectivity index (χ2n) is 7.35. The summed E-state index contributed by atoms with van der Waals surface area (Å²) in [6.07, 6.45) is 1.44. The third-order valence-corrected chi connectivity index (χ3v) is 5.95. The Morgan fingerprint density at radius 1 is 1.20 bits per heavy atom. The van der Waals surface area contributed by atoms with Crippen LogP contribution >= 0.6 is 0 Å². The van der Waals surface area contributed by atoms with Crippen LogP contribution in [0.5, 0.6) is 0 Å². The van der Waals surface area contributed by atoms with Gasteiger partial charge in [-0.2, -0.15) is 0 Å². The highest BCUT2D eigenvalue weighted by Crippen LogP contribution is 2.43. The van der Waals surface area contributed by atoms with Crippen LogP contribution < -0.4 is 0 Å². The van der Waals surface area contributed by atoms with Gasteiger partial charge in [0, 0.05) is 43.7 Å². The number of rotatable bonds is 3. The molecule has 0 radical (unpaired) electrons. The average molecular weight is 345 g/mol. The van der Waals surface area contributed by atoms with E-state index in [0.29, 0.717) is 44.3 Å². The Hall–Kier alpha value is -1.92. The summed E-state index contributed by atoms with van der Waals surface area (Å²) in [5, 5.41) is 9.75. The van der Waals surface area contributed by atoms with Crippen LogP contribution in [0.1, 0.15) is 34.7 Å². The van der Waals surface area contributed by atoms with Crippen LogP contribution in [0.25, 0.3) is 0 Å². The number of fused-ring (bicyclic) bond motifs is 1. The fourth-order valence-corrected chi connectivity index (χ4v) is 4.36. The monoisotopic (exact) mass is 345 g/mol. The standard InChI is InChI=1S/C19H23NO5/c21-17(14-3-1-2-13(8-14)15-4-6-24-10-15)20-9-16-11-25-7-5-19(16,12-20)18(22)23/h1-3,8,15-16H,4-7,9-12H2,(H,22,23)/t15?,16-,19+/m0/s1. The van der Waals surface area contributed by atoms with Gasteiger partial charge in [-0.1, -0.05) is 12.1 Å². The molecule has 25 heavy (non-hydrogen) atoms. The molecule has 0 bridgehead atoms. The van der Waals surface area contributed by atoms with Crippen LogP contribution in [0.2, 0.25) is 0 Å². The first-order valence-electron chi connectivity index (χ1n) is 8.88. The Kier molecular flexibility index (Phi) is 4.25. The van der Waals surface area contributed by atoms with Crippen molar-refractivity contribution in [1.29, 1.82) is 0 Å². The molecule has 3 aliphatic rings. The number of ether oxygens (including phenoxy) is 2. The van der Waals surface area contributed by atoms with Gasteiger partial charge in [0.15, 0.2) is 0 Å². The van der Waals surface area contributed by atoms with Crippen molar-refractivity contribution in [2.24, 2.45) is 11.3 Å². The van der Waals surface area contributed by atoms with Crippen LogP contribution in [0.15, 0.2) is 24.3 Å². The Morgan fingerprint density at radius 3 is 2.76 bits per heavy atom. The van der Waals surface area contributed by atoms with Gasteiger partial charge < -0.3 is 19.5 Å².